The highest BCUT2D eigenvalue weighted by Gasteiger charge is 2.10. The van der Waals surface area contributed by atoms with Gasteiger partial charge in [-0.2, -0.15) is 0 Å². The highest BCUT2D eigenvalue weighted by Crippen LogP contribution is 2.12. The van der Waals surface area contributed by atoms with Gasteiger partial charge in [0.1, 0.15) is 0 Å². The van der Waals surface area contributed by atoms with Gasteiger partial charge in [0.25, 0.3) is 0 Å². The SMILES string of the molecule is CCN(c1ncc(CC(C)C)cn1)C(C)C. The number of aromatic nitrogens is 2. The van der Waals surface area contributed by atoms with Gasteiger partial charge in [-0.05, 0) is 38.7 Å². The average Bonchev–Trinajstić information content (AvgIpc) is 2.20. The van der Waals surface area contributed by atoms with E-state index in [1.165, 1.54) is 5.56 Å². The van der Waals surface area contributed by atoms with Gasteiger partial charge < -0.3 is 4.90 Å². The Balaban J connectivity index is 2.77. The van der Waals surface area contributed by atoms with Crippen molar-refractivity contribution in [3.05, 3.63) is 18.0 Å². The monoisotopic (exact) mass is 221 g/mol. The average molecular weight is 221 g/mol. The van der Waals surface area contributed by atoms with Gasteiger partial charge in [0, 0.05) is 25.0 Å². The Kier molecular flexibility index (Phi) is 4.71. The van der Waals surface area contributed by atoms with E-state index in [1.807, 2.05) is 12.4 Å². The summed E-state index contributed by atoms with van der Waals surface area (Å²) in [6.07, 6.45) is 4.95. The number of nitrogens with zero attached hydrogens (tertiary/aromatic N) is 3. The molecule has 0 saturated heterocycles. The van der Waals surface area contributed by atoms with Crippen molar-refractivity contribution in [3.8, 4) is 0 Å². The minimum atomic E-state index is 0.445. The molecule has 0 spiro atoms. The molecule has 1 aromatic heterocycles. The van der Waals surface area contributed by atoms with Crippen LogP contribution >= 0.6 is 0 Å². The molecule has 1 rings (SSSR count). The van der Waals surface area contributed by atoms with E-state index in [0.29, 0.717) is 12.0 Å². The molecule has 0 amide bonds. The van der Waals surface area contributed by atoms with E-state index in [0.717, 1.165) is 18.9 Å². The largest absolute Gasteiger partial charge is 0.339 e. The van der Waals surface area contributed by atoms with Crippen molar-refractivity contribution in [2.24, 2.45) is 5.92 Å². The quantitative estimate of drug-likeness (QED) is 0.765. The van der Waals surface area contributed by atoms with Gasteiger partial charge in [0.15, 0.2) is 0 Å². The van der Waals surface area contributed by atoms with Crippen LogP contribution in [-0.2, 0) is 6.42 Å². The van der Waals surface area contributed by atoms with Crippen molar-refractivity contribution in [3.63, 3.8) is 0 Å². The summed E-state index contributed by atoms with van der Waals surface area (Å²) in [4.78, 5) is 11.1. The summed E-state index contributed by atoms with van der Waals surface area (Å²) < 4.78 is 0. The predicted molar refractivity (Wildman–Crippen MR) is 68.7 cm³/mol. The summed E-state index contributed by atoms with van der Waals surface area (Å²) in [6.45, 7) is 11.8. The lowest BCUT2D eigenvalue weighted by Crippen LogP contribution is -2.31. The van der Waals surface area contributed by atoms with E-state index in [2.05, 4.69) is 49.5 Å². The van der Waals surface area contributed by atoms with Gasteiger partial charge in [0.2, 0.25) is 5.95 Å². The molecule has 0 aliphatic carbocycles. The summed E-state index contributed by atoms with van der Waals surface area (Å²) in [6, 6.07) is 0.445. The molecule has 1 heterocycles. The second kappa shape index (κ2) is 5.83. The van der Waals surface area contributed by atoms with Crippen LogP contribution in [0, 0.1) is 5.92 Å². The lowest BCUT2D eigenvalue weighted by atomic mass is 10.1. The van der Waals surface area contributed by atoms with Gasteiger partial charge in [-0.25, -0.2) is 9.97 Å². The third-order valence-electron chi connectivity index (χ3n) is 2.56. The standard InChI is InChI=1S/C13H23N3/c1-6-16(11(4)5)13-14-8-12(9-15-13)7-10(2)3/h8-11H,6-7H2,1-5H3. The first-order valence-electron chi connectivity index (χ1n) is 6.12. The third-order valence-corrected chi connectivity index (χ3v) is 2.56. The van der Waals surface area contributed by atoms with E-state index in [9.17, 15) is 0 Å². The molecule has 0 unspecified atom stereocenters. The van der Waals surface area contributed by atoms with Crippen LogP contribution < -0.4 is 4.90 Å². The summed E-state index contributed by atoms with van der Waals surface area (Å²) in [5.74, 6) is 1.49. The predicted octanol–water partition coefficient (Wildman–Crippen LogP) is 2.91. The van der Waals surface area contributed by atoms with Crippen molar-refractivity contribution >= 4 is 5.95 Å². The minimum absolute atomic E-state index is 0.445. The first kappa shape index (κ1) is 12.9. The van der Waals surface area contributed by atoms with E-state index < -0.39 is 0 Å². The fraction of sp³-hybridized carbons (Fsp3) is 0.692. The van der Waals surface area contributed by atoms with Gasteiger partial charge in [0.05, 0.1) is 0 Å². The second-order valence-corrected chi connectivity index (χ2v) is 4.87. The molecule has 0 aromatic carbocycles. The molecule has 0 fully saturated rings. The molecule has 0 aliphatic rings. The fourth-order valence-corrected chi connectivity index (χ4v) is 1.81. The Morgan fingerprint density at radius 1 is 1.12 bits per heavy atom. The van der Waals surface area contributed by atoms with E-state index >= 15 is 0 Å². The normalized spacial score (nSPS) is 11.2. The number of hydrogen-bond donors (Lipinski definition) is 0. The zero-order valence-electron chi connectivity index (χ0n) is 11.1. The van der Waals surface area contributed by atoms with E-state index in [4.69, 9.17) is 0 Å². The molecule has 0 saturated carbocycles. The summed E-state index contributed by atoms with van der Waals surface area (Å²) in [5, 5.41) is 0. The third kappa shape index (κ3) is 3.47. The highest BCUT2D eigenvalue weighted by atomic mass is 15.3. The molecule has 1 aromatic rings. The van der Waals surface area contributed by atoms with Crippen molar-refractivity contribution < 1.29 is 0 Å². The summed E-state index contributed by atoms with van der Waals surface area (Å²) in [7, 11) is 0. The molecular weight excluding hydrogens is 198 g/mol. The van der Waals surface area contributed by atoms with Crippen LogP contribution in [0.3, 0.4) is 0 Å². The lowest BCUT2D eigenvalue weighted by Gasteiger charge is -2.24. The van der Waals surface area contributed by atoms with Crippen LogP contribution in [0.5, 0.6) is 0 Å². The summed E-state index contributed by atoms with van der Waals surface area (Å²) >= 11 is 0. The molecule has 0 atom stereocenters. The maximum Gasteiger partial charge on any atom is 0.225 e. The van der Waals surface area contributed by atoms with Crippen LogP contribution in [0.4, 0.5) is 5.95 Å². The second-order valence-electron chi connectivity index (χ2n) is 4.87. The van der Waals surface area contributed by atoms with Crippen LogP contribution in [0.1, 0.15) is 40.2 Å². The molecule has 3 nitrogen and oxygen atoms in total. The topological polar surface area (TPSA) is 29.0 Å². The lowest BCUT2D eigenvalue weighted by molar-refractivity contribution is 0.639. The van der Waals surface area contributed by atoms with Crippen LogP contribution in [0.2, 0.25) is 0 Å². The van der Waals surface area contributed by atoms with Crippen LogP contribution in [0.25, 0.3) is 0 Å². The Morgan fingerprint density at radius 2 is 1.69 bits per heavy atom. The molecule has 0 radical (unpaired) electrons. The first-order valence-corrected chi connectivity index (χ1v) is 6.12. The Labute approximate surface area is 98.9 Å². The molecule has 90 valence electrons. The van der Waals surface area contributed by atoms with Gasteiger partial charge in [-0.1, -0.05) is 13.8 Å². The smallest absolute Gasteiger partial charge is 0.225 e. The zero-order valence-corrected chi connectivity index (χ0v) is 11.1. The van der Waals surface area contributed by atoms with E-state index in [-0.39, 0.29) is 0 Å². The zero-order chi connectivity index (χ0) is 12.1. The van der Waals surface area contributed by atoms with Gasteiger partial charge >= 0.3 is 0 Å². The molecule has 0 bridgehead atoms. The number of hydrogen-bond acceptors (Lipinski definition) is 3. The number of anilines is 1. The van der Waals surface area contributed by atoms with Crippen LogP contribution in [0.15, 0.2) is 12.4 Å². The minimum Gasteiger partial charge on any atom is -0.339 e. The molecule has 0 N–H and O–H groups in total. The maximum absolute atomic E-state index is 4.44. The molecule has 16 heavy (non-hydrogen) atoms. The van der Waals surface area contributed by atoms with Gasteiger partial charge in [-0.15, -0.1) is 0 Å². The number of rotatable bonds is 5. The fourth-order valence-electron chi connectivity index (χ4n) is 1.81. The highest BCUT2D eigenvalue weighted by molar-refractivity contribution is 5.30. The molecule has 0 aliphatic heterocycles. The Bertz CT molecular complexity index is 303. The van der Waals surface area contributed by atoms with Crippen LogP contribution in [-0.4, -0.2) is 22.6 Å². The van der Waals surface area contributed by atoms with Crippen molar-refractivity contribution in [2.45, 2.75) is 47.1 Å². The van der Waals surface area contributed by atoms with Gasteiger partial charge in [-0.3, -0.25) is 0 Å². The van der Waals surface area contributed by atoms with Crippen molar-refractivity contribution in [2.75, 3.05) is 11.4 Å². The van der Waals surface area contributed by atoms with Crippen molar-refractivity contribution in [1.82, 2.24) is 9.97 Å². The molecular formula is C13H23N3. The van der Waals surface area contributed by atoms with Crippen molar-refractivity contribution in [1.29, 1.82) is 0 Å². The Morgan fingerprint density at radius 3 is 2.06 bits per heavy atom. The molecule has 3 heteroatoms. The first-order chi connectivity index (χ1) is 7.54. The van der Waals surface area contributed by atoms with E-state index in [1.54, 1.807) is 0 Å². The summed E-state index contributed by atoms with van der Waals surface area (Å²) in [5.41, 5.74) is 1.22. The Hall–Kier alpha value is -1.12. The maximum atomic E-state index is 4.44.